The summed E-state index contributed by atoms with van der Waals surface area (Å²) in [5.41, 5.74) is 6.02. The quantitative estimate of drug-likeness (QED) is 0.314. The maximum Gasteiger partial charge on any atom is 0.271 e. The molecule has 1 unspecified atom stereocenters. The Kier molecular flexibility index (Phi) is 7.84. The van der Waals surface area contributed by atoms with Gasteiger partial charge in [0.1, 0.15) is 23.1 Å². The smallest absolute Gasteiger partial charge is 0.271 e. The molecule has 2 amide bonds. The van der Waals surface area contributed by atoms with E-state index in [1.165, 1.54) is 16.9 Å². The van der Waals surface area contributed by atoms with Crippen LogP contribution in [0.2, 0.25) is 0 Å². The highest BCUT2D eigenvalue weighted by Crippen LogP contribution is 2.37. The number of fused-ring (bicyclic) bond motifs is 1. The molecule has 5 rings (SSSR count). The van der Waals surface area contributed by atoms with E-state index in [2.05, 4.69) is 34.6 Å². The third-order valence-corrected chi connectivity index (χ3v) is 7.59. The van der Waals surface area contributed by atoms with Crippen molar-refractivity contribution in [2.75, 3.05) is 6.54 Å². The average molecular weight is 526 g/mol. The van der Waals surface area contributed by atoms with E-state index in [4.69, 9.17) is 4.74 Å². The zero-order chi connectivity index (χ0) is 26.5. The summed E-state index contributed by atoms with van der Waals surface area (Å²) in [5.74, 6) is 0.664. The number of amides is 2. The number of rotatable bonds is 8. The number of aromatic nitrogens is 1. The number of carbonyl (C=O) groups excluding carboxylic acids is 2. The summed E-state index contributed by atoms with van der Waals surface area (Å²) in [6.07, 6.45) is 1.29. The van der Waals surface area contributed by atoms with E-state index in [0.29, 0.717) is 25.2 Å². The Bertz CT molecular complexity index is 1430. The van der Waals surface area contributed by atoms with Crippen LogP contribution in [-0.4, -0.2) is 28.2 Å². The number of hydrogen-bond donors (Lipinski definition) is 1. The van der Waals surface area contributed by atoms with Gasteiger partial charge in [0.15, 0.2) is 0 Å². The van der Waals surface area contributed by atoms with Gasteiger partial charge in [0.25, 0.3) is 5.91 Å². The second kappa shape index (κ2) is 11.6. The van der Waals surface area contributed by atoms with Crippen molar-refractivity contribution in [3.63, 3.8) is 0 Å². The lowest BCUT2D eigenvalue weighted by molar-refractivity contribution is -0.132. The van der Waals surface area contributed by atoms with E-state index >= 15 is 0 Å². The minimum Gasteiger partial charge on any atom is -0.486 e. The third kappa shape index (κ3) is 5.78. The van der Waals surface area contributed by atoms with E-state index in [1.54, 1.807) is 5.38 Å². The summed E-state index contributed by atoms with van der Waals surface area (Å²) in [7, 11) is 0. The molecule has 1 aliphatic rings. The summed E-state index contributed by atoms with van der Waals surface area (Å²) < 4.78 is 6.11. The van der Waals surface area contributed by atoms with Crippen LogP contribution < -0.4 is 10.1 Å². The van der Waals surface area contributed by atoms with Crippen LogP contribution in [-0.2, 0) is 24.4 Å². The summed E-state index contributed by atoms with van der Waals surface area (Å²) in [5, 5.41) is 5.42. The van der Waals surface area contributed by atoms with Gasteiger partial charge in [-0.3, -0.25) is 9.59 Å². The van der Waals surface area contributed by atoms with Crippen molar-refractivity contribution in [3.8, 4) is 5.75 Å². The Morgan fingerprint density at radius 3 is 2.71 bits per heavy atom. The van der Waals surface area contributed by atoms with Gasteiger partial charge in [-0.2, -0.15) is 0 Å². The molecular formula is C31H31N3O3S. The fraction of sp³-hybridized carbons (Fsp3) is 0.258. The molecule has 38 heavy (non-hydrogen) atoms. The van der Waals surface area contributed by atoms with E-state index in [0.717, 1.165) is 39.4 Å². The molecule has 0 fully saturated rings. The summed E-state index contributed by atoms with van der Waals surface area (Å²) >= 11 is 1.40. The fourth-order valence-corrected chi connectivity index (χ4v) is 5.56. The molecule has 4 aromatic rings. The molecule has 1 aliphatic heterocycles. The Balaban J connectivity index is 1.27. The zero-order valence-corrected chi connectivity index (χ0v) is 22.5. The standard InChI is InChI=1S/C31H31N3O3S/c1-3-29(35)34-15-14-23-12-13-25(17-26(23)30(34)24-10-5-4-6-11-24)37-19-28-33-27(20-38-28)31(36)32-18-22-9-7-8-21(2)16-22/h4-13,16-17,20,30H,3,14-15,18-19H2,1-2H3,(H,32,36). The Hall–Kier alpha value is -3.97. The number of benzene rings is 3. The summed E-state index contributed by atoms with van der Waals surface area (Å²) in [6.45, 7) is 5.36. The number of nitrogens with one attached hydrogen (secondary N) is 1. The number of aryl methyl sites for hydroxylation is 1. The van der Waals surface area contributed by atoms with Crippen molar-refractivity contribution in [1.29, 1.82) is 0 Å². The van der Waals surface area contributed by atoms with E-state index in [-0.39, 0.29) is 24.5 Å². The molecule has 6 nitrogen and oxygen atoms in total. The second-order valence-corrected chi connectivity index (χ2v) is 10.4. The molecule has 0 spiro atoms. The van der Waals surface area contributed by atoms with Crippen LogP contribution in [0.3, 0.4) is 0 Å². The first-order valence-electron chi connectivity index (χ1n) is 12.9. The van der Waals surface area contributed by atoms with Gasteiger partial charge in [0, 0.05) is 24.9 Å². The van der Waals surface area contributed by atoms with Crippen LogP contribution in [0.4, 0.5) is 0 Å². The highest BCUT2D eigenvalue weighted by Gasteiger charge is 2.31. The Morgan fingerprint density at radius 2 is 1.92 bits per heavy atom. The van der Waals surface area contributed by atoms with Crippen molar-refractivity contribution in [3.05, 3.63) is 117 Å². The van der Waals surface area contributed by atoms with Gasteiger partial charge in [-0.25, -0.2) is 4.98 Å². The number of ether oxygens (including phenoxy) is 1. The molecule has 1 N–H and O–H groups in total. The molecule has 0 bridgehead atoms. The van der Waals surface area contributed by atoms with Gasteiger partial charge in [0.2, 0.25) is 5.91 Å². The fourth-order valence-electron chi connectivity index (χ4n) is 4.87. The SMILES string of the molecule is CCC(=O)N1CCc2ccc(OCc3nc(C(=O)NCc4cccc(C)c4)cs3)cc2C1c1ccccc1. The molecule has 0 aliphatic carbocycles. The summed E-state index contributed by atoms with van der Waals surface area (Å²) in [4.78, 5) is 31.9. The Morgan fingerprint density at radius 1 is 1.08 bits per heavy atom. The van der Waals surface area contributed by atoms with Crippen molar-refractivity contribution < 1.29 is 14.3 Å². The van der Waals surface area contributed by atoms with Crippen molar-refractivity contribution in [2.45, 2.75) is 45.9 Å². The van der Waals surface area contributed by atoms with E-state index in [1.807, 2.05) is 67.3 Å². The van der Waals surface area contributed by atoms with Gasteiger partial charge in [-0.15, -0.1) is 11.3 Å². The van der Waals surface area contributed by atoms with Crippen LogP contribution in [0, 0.1) is 6.92 Å². The van der Waals surface area contributed by atoms with E-state index < -0.39 is 0 Å². The predicted octanol–water partition coefficient (Wildman–Crippen LogP) is 5.84. The highest BCUT2D eigenvalue weighted by atomic mass is 32.1. The van der Waals surface area contributed by atoms with E-state index in [9.17, 15) is 9.59 Å². The minimum absolute atomic E-state index is 0.139. The van der Waals surface area contributed by atoms with Gasteiger partial charge < -0.3 is 15.0 Å². The van der Waals surface area contributed by atoms with Gasteiger partial charge in [0.05, 0.1) is 6.04 Å². The monoisotopic (exact) mass is 525 g/mol. The zero-order valence-electron chi connectivity index (χ0n) is 21.6. The predicted molar refractivity (Wildman–Crippen MR) is 149 cm³/mol. The first-order chi connectivity index (χ1) is 18.5. The normalized spacial score (nSPS) is 14.6. The maximum atomic E-state index is 12.8. The first kappa shape index (κ1) is 25.7. The summed E-state index contributed by atoms with van der Waals surface area (Å²) in [6, 6.07) is 24.2. The number of hydrogen-bond acceptors (Lipinski definition) is 5. The average Bonchev–Trinajstić information content (AvgIpc) is 3.43. The molecule has 7 heteroatoms. The van der Waals surface area contributed by atoms with Gasteiger partial charge >= 0.3 is 0 Å². The second-order valence-electron chi connectivity index (χ2n) is 9.45. The van der Waals surface area contributed by atoms with Crippen LogP contribution in [0.5, 0.6) is 5.75 Å². The molecule has 2 heterocycles. The van der Waals surface area contributed by atoms with Crippen LogP contribution in [0.25, 0.3) is 0 Å². The number of carbonyl (C=O) groups is 2. The van der Waals surface area contributed by atoms with Gasteiger partial charge in [-0.05, 0) is 47.7 Å². The molecule has 0 saturated carbocycles. The lowest BCUT2D eigenvalue weighted by Gasteiger charge is -2.38. The van der Waals surface area contributed by atoms with Crippen molar-refractivity contribution >= 4 is 23.2 Å². The van der Waals surface area contributed by atoms with Crippen molar-refractivity contribution in [2.24, 2.45) is 0 Å². The third-order valence-electron chi connectivity index (χ3n) is 6.77. The molecule has 0 radical (unpaired) electrons. The highest BCUT2D eigenvalue weighted by molar-refractivity contribution is 7.09. The molecule has 1 aromatic heterocycles. The first-order valence-corrected chi connectivity index (χ1v) is 13.8. The lowest BCUT2D eigenvalue weighted by atomic mass is 9.87. The molecular weight excluding hydrogens is 494 g/mol. The van der Waals surface area contributed by atoms with Crippen molar-refractivity contribution in [1.82, 2.24) is 15.2 Å². The van der Waals surface area contributed by atoms with Crippen LogP contribution in [0.15, 0.2) is 78.2 Å². The maximum absolute atomic E-state index is 12.8. The number of thiazole rings is 1. The van der Waals surface area contributed by atoms with Crippen LogP contribution in [0.1, 0.15) is 62.7 Å². The molecule has 194 valence electrons. The molecule has 3 aromatic carbocycles. The Labute approximate surface area is 227 Å². The molecule has 0 saturated heterocycles. The van der Waals surface area contributed by atoms with Crippen LogP contribution >= 0.6 is 11.3 Å². The topological polar surface area (TPSA) is 71.5 Å². The molecule has 1 atom stereocenters. The minimum atomic E-state index is -0.200. The van der Waals surface area contributed by atoms with Gasteiger partial charge in [-0.1, -0.05) is 73.2 Å². The number of nitrogens with zero attached hydrogens (tertiary/aromatic N) is 2. The lowest BCUT2D eigenvalue weighted by Crippen LogP contribution is -2.40. The largest absolute Gasteiger partial charge is 0.486 e.